The molecule has 0 spiro atoms. The molecule has 1 fully saturated rings. The van der Waals surface area contributed by atoms with Crippen molar-refractivity contribution in [2.45, 2.75) is 49.7 Å². The second kappa shape index (κ2) is 7.38. The van der Waals surface area contributed by atoms with Crippen molar-refractivity contribution >= 4 is 12.1 Å². The molecule has 1 aliphatic rings. The third-order valence-corrected chi connectivity index (χ3v) is 3.50. The van der Waals surface area contributed by atoms with Crippen molar-refractivity contribution in [3.63, 3.8) is 0 Å². The molecule has 1 aliphatic heterocycles. The van der Waals surface area contributed by atoms with Gasteiger partial charge in [0.2, 0.25) is 11.6 Å². The van der Waals surface area contributed by atoms with E-state index in [0.29, 0.717) is 6.08 Å². The third-order valence-electron chi connectivity index (χ3n) is 3.50. The first-order chi connectivity index (χ1) is 10.2. The van der Waals surface area contributed by atoms with E-state index in [1.54, 1.807) is 6.92 Å². The summed E-state index contributed by atoms with van der Waals surface area (Å²) in [5.74, 6) is -4.11. The van der Waals surface area contributed by atoms with Crippen LogP contribution in [0.15, 0.2) is 11.6 Å². The second-order valence-electron chi connectivity index (χ2n) is 5.04. The minimum absolute atomic E-state index is 0.114. The highest BCUT2D eigenvalue weighted by molar-refractivity contribution is 6.33. The highest BCUT2D eigenvalue weighted by Gasteiger charge is 2.52. The zero-order valence-electron chi connectivity index (χ0n) is 11.9. The van der Waals surface area contributed by atoms with Crippen molar-refractivity contribution < 1.29 is 45.0 Å². The normalized spacial score (nSPS) is 35.8. The number of aldehydes is 1. The predicted octanol–water partition coefficient (Wildman–Crippen LogP) is -3.39. The lowest BCUT2D eigenvalue weighted by Gasteiger charge is -2.42. The summed E-state index contributed by atoms with van der Waals surface area (Å²) < 4.78 is 4.81. The zero-order valence-corrected chi connectivity index (χ0v) is 11.9. The van der Waals surface area contributed by atoms with Crippen molar-refractivity contribution in [3.05, 3.63) is 11.6 Å². The van der Waals surface area contributed by atoms with E-state index in [-0.39, 0.29) is 12.7 Å². The topological polar surface area (TPSA) is 165 Å². The van der Waals surface area contributed by atoms with Crippen LogP contribution in [0.4, 0.5) is 0 Å². The molecule has 0 amide bonds. The lowest BCUT2D eigenvalue weighted by Crippen LogP contribution is -2.62. The molecule has 0 aromatic carbocycles. The lowest BCUT2D eigenvalue weighted by atomic mass is 9.87. The van der Waals surface area contributed by atoms with Gasteiger partial charge in [0.25, 0.3) is 0 Å². The molecular weight excluding hydrogens is 300 g/mol. The molecule has 6 N–H and O–H groups in total. The van der Waals surface area contributed by atoms with E-state index < -0.39 is 54.3 Å². The van der Waals surface area contributed by atoms with Gasteiger partial charge in [-0.2, -0.15) is 0 Å². The SMILES string of the molecule is CC[C@H](O)C(O)/C=C(\C(=O)C=O)C1(O)OCC(O)C(O)C1O. The van der Waals surface area contributed by atoms with E-state index in [4.69, 9.17) is 4.74 Å². The summed E-state index contributed by atoms with van der Waals surface area (Å²) in [5.41, 5.74) is -0.832. The Kier molecular flexibility index (Phi) is 6.32. The first kappa shape index (κ1) is 18.8. The Morgan fingerprint density at radius 2 is 1.95 bits per heavy atom. The summed E-state index contributed by atoms with van der Waals surface area (Å²) in [5, 5.41) is 58.3. The van der Waals surface area contributed by atoms with Crippen LogP contribution in [0.25, 0.3) is 0 Å². The fraction of sp³-hybridized carbons (Fsp3) is 0.692. The van der Waals surface area contributed by atoms with Gasteiger partial charge in [-0.1, -0.05) is 6.92 Å². The summed E-state index contributed by atoms with van der Waals surface area (Å²) >= 11 is 0. The van der Waals surface area contributed by atoms with Crippen LogP contribution >= 0.6 is 0 Å². The molecule has 9 nitrogen and oxygen atoms in total. The summed E-state index contributed by atoms with van der Waals surface area (Å²) in [6, 6.07) is 0. The average Bonchev–Trinajstić information content (AvgIpc) is 2.52. The van der Waals surface area contributed by atoms with E-state index in [1.165, 1.54) is 0 Å². The van der Waals surface area contributed by atoms with Gasteiger partial charge in [-0.3, -0.25) is 9.59 Å². The minimum atomic E-state index is -2.80. The Hall–Kier alpha value is -1.20. The number of hydrogen-bond donors (Lipinski definition) is 6. The molecule has 9 heteroatoms. The smallest absolute Gasteiger partial charge is 0.226 e. The molecule has 1 rings (SSSR count). The maximum atomic E-state index is 11.7. The van der Waals surface area contributed by atoms with Crippen LogP contribution in [0.2, 0.25) is 0 Å². The minimum Gasteiger partial charge on any atom is -0.390 e. The van der Waals surface area contributed by atoms with Crippen LogP contribution < -0.4 is 0 Å². The molecule has 0 aromatic heterocycles. The van der Waals surface area contributed by atoms with E-state index in [2.05, 4.69) is 0 Å². The van der Waals surface area contributed by atoms with Gasteiger partial charge in [-0.05, 0) is 12.5 Å². The number of carbonyl (C=O) groups excluding carboxylic acids is 2. The van der Waals surface area contributed by atoms with Gasteiger partial charge in [0, 0.05) is 0 Å². The van der Waals surface area contributed by atoms with Crippen molar-refractivity contribution in [3.8, 4) is 0 Å². The molecule has 5 unspecified atom stereocenters. The van der Waals surface area contributed by atoms with E-state index >= 15 is 0 Å². The summed E-state index contributed by atoms with van der Waals surface area (Å²) in [6.07, 6.45) is -7.77. The quantitative estimate of drug-likeness (QED) is 0.166. The number of ether oxygens (including phenoxy) is 1. The molecule has 0 radical (unpaired) electrons. The number of ketones is 1. The van der Waals surface area contributed by atoms with Gasteiger partial charge in [0.05, 0.1) is 24.4 Å². The molecule has 0 bridgehead atoms. The fourth-order valence-electron chi connectivity index (χ4n) is 2.04. The van der Waals surface area contributed by atoms with Crippen molar-refractivity contribution in [2.24, 2.45) is 0 Å². The van der Waals surface area contributed by atoms with E-state index in [1.807, 2.05) is 0 Å². The zero-order chi connectivity index (χ0) is 17.1. The van der Waals surface area contributed by atoms with Crippen LogP contribution in [0.1, 0.15) is 13.3 Å². The molecular formula is C13H20O9. The van der Waals surface area contributed by atoms with Crippen molar-refractivity contribution in [1.82, 2.24) is 0 Å². The number of aliphatic hydroxyl groups is 6. The average molecular weight is 320 g/mol. The maximum Gasteiger partial charge on any atom is 0.226 e. The van der Waals surface area contributed by atoms with Gasteiger partial charge < -0.3 is 35.4 Å². The maximum absolute atomic E-state index is 11.7. The largest absolute Gasteiger partial charge is 0.390 e. The molecule has 22 heavy (non-hydrogen) atoms. The van der Waals surface area contributed by atoms with Crippen LogP contribution in [0, 0.1) is 0 Å². The Bertz CT molecular complexity index is 449. The van der Waals surface area contributed by atoms with Crippen LogP contribution in [-0.4, -0.2) is 85.6 Å². The Balaban J connectivity index is 3.24. The van der Waals surface area contributed by atoms with E-state index in [9.17, 15) is 40.2 Å². The molecule has 0 aromatic rings. The van der Waals surface area contributed by atoms with Gasteiger partial charge in [0.15, 0.2) is 6.29 Å². The molecule has 6 atom stereocenters. The van der Waals surface area contributed by atoms with E-state index in [0.717, 1.165) is 0 Å². The Morgan fingerprint density at radius 3 is 2.45 bits per heavy atom. The Labute approximate surface area is 126 Å². The predicted molar refractivity (Wildman–Crippen MR) is 70.4 cm³/mol. The van der Waals surface area contributed by atoms with Crippen molar-refractivity contribution in [2.75, 3.05) is 6.61 Å². The van der Waals surface area contributed by atoms with Crippen LogP contribution in [0.3, 0.4) is 0 Å². The third kappa shape index (κ3) is 3.58. The van der Waals surface area contributed by atoms with Gasteiger partial charge in [-0.25, -0.2) is 0 Å². The number of carbonyl (C=O) groups is 2. The molecule has 1 saturated heterocycles. The fourth-order valence-corrected chi connectivity index (χ4v) is 2.04. The number of rotatable bonds is 6. The monoisotopic (exact) mass is 320 g/mol. The highest BCUT2D eigenvalue weighted by atomic mass is 16.6. The number of aliphatic hydroxyl groups excluding tert-OH is 5. The Morgan fingerprint density at radius 1 is 1.36 bits per heavy atom. The number of hydrogen-bond acceptors (Lipinski definition) is 9. The standard InChI is InChI=1S/C13H20O9/c1-2-7(15)8(16)3-6(9(17)4-14)13(21)12(20)11(19)10(18)5-22-13/h3-4,7-8,10-12,15-16,18-21H,2,5H2,1H3/b6-3+/t7-,8?,10?,11?,12?,13?/m0/s1. The highest BCUT2D eigenvalue weighted by Crippen LogP contribution is 2.31. The van der Waals surface area contributed by atoms with Gasteiger partial charge in [0.1, 0.15) is 18.3 Å². The molecule has 0 aliphatic carbocycles. The first-order valence-electron chi connectivity index (χ1n) is 6.67. The van der Waals surface area contributed by atoms with Crippen LogP contribution in [0.5, 0.6) is 0 Å². The number of Topliss-reactive ketones (excluding diaryl/α,β-unsaturated/α-hetero) is 1. The van der Waals surface area contributed by atoms with Crippen molar-refractivity contribution in [1.29, 1.82) is 0 Å². The first-order valence-corrected chi connectivity index (χ1v) is 6.67. The molecule has 1 heterocycles. The second-order valence-corrected chi connectivity index (χ2v) is 5.04. The van der Waals surface area contributed by atoms with Crippen LogP contribution in [-0.2, 0) is 14.3 Å². The lowest BCUT2D eigenvalue weighted by molar-refractivity contribution is -0.301. The molecule has 126 valence electrons. The summed E-state index contributed by atoms with van der Waals surface area (Å²) in [7, 11) is 0. The van der Waals surface area contributed by atoms with Gasteiger partial charge >= 0.3 is 0 Å². The molecule has 0 saturated carbocycles. The van der Waals surface area contributed by atoms with Gasteiger partial charge in [-0.15, -0.1) is 0 Å². The summed E-state index contributed by atoms with van der Waals surface area (Å²) in [6.45, 7) is 0.925. The summed E-state index contributed by atoms with van der Waals surface area (Å²) in [4.78, 5) is 22.4.